The van der Waals surface area contributed by atoms with Crippen molar-refractivity contribution in [2.75, 3.05) is 31.1 Å². The molecule has 0 atom stereocenters. The summed E-state index contributed by atoms with van der Waals surface area (Å²) in [4.78, 5) is 13.5. The molecular weight excluding hydrogens is 288 g/mol. The molecule has 0 amide bonds. The molecule has 0 aliphatic carbocycles. The van der Waals surface area contributed by atoms with Gasteiger partial charge in [-0.3, -0.25) is 9.58 Å². The first kappa shape index (κ1) is 15.7. The molecule has 0 saturated carbocycles. The third-order valence-corrected chi connectivity index (χ3v) is 4.32. The molecule has 2 aromatic heterocycles. The zero-order valence-corrected chi connectivity index (χ0v) is 13.7. The Hall–Kier alpha value is -2.21. The largest absolute Gasteiger partial charge is 0.339 e. The second-order valence-electron chi connectivity index (χ2n) is 5.89. The van der Waals surface area contributed by atoms with Crippen LogP contribution in [-0.2, 0) is 13.1 Å². The fraction of sp³-hybridized carbons (Fsp3) is 0.471. The SMILES string of the molecule is C=CCn1ncc(CN2CCCN(c3ncccn3)CC2)c1C. The highest BCUT2D eigenvalue weighted by Gasteiger charge is 2.18. The van der Waals surface area contributed by atoms with Crippen molar-refractivity contribution < 1.29 is 0 Å². The minimum atomic E-state index is 0.769. The summed E-state index contributed by atoms with van der Waals surface area (Å²) in [5.74, 6) is 0.837. The standard InChI is InChI=1S/C17H24N6/c1-3-8-23-15(2)16(13-20-23)14-21-9-5-10-22(12-11-21)17-18-6-4-7-19-17/h3-4,6-7,13H,1,5,8-12,14H2,2H3. The van der Waals surface area contributed by atoms with Crippen molar-refractivity contribution in [1.29, 1.82) is 0 Å². The molecule has 2 aromatic rings. The van der Waals surface area contributed by atoms with Crippen molar-refractivity contribution in [2.45, 2.75) is 26.4 Å². The summed E-state index contributed by atoms with van der Waals surface area (Å²) < 4.78 is 2.00. The topological polar surface area (TPSA) is 50.1 Å². The van der Waals surface area contributed by atoms with Crippen LogP contribution in [0, 0.1) is 6.92 Å². The fourth-order valence-corrected chi connectivity index (χ4v) is 2.97. The highest BCUT2D eigenvalue weighted by Crippen LogP contribution is 2.15. The minimum Gasteiger partial charge on any atom is -0.339 e. The quantitative estimate of drug-likeness (QED) is 0.789. The lowest BCUT2D eigenvalue weighted by Crippen LogP contribution is -2.31. The Morgan fingerprint density at radius 1 is 1.17 bits per heavy atom. The normalized spacial score (nSPS) is 16.3. The predicted molar refractivity (Wildman–Crippen MR) is 91.3 cm³/mol. The highest BCUT2D eigenvalue weighted by atomic mass is 15.3. The van der Waals surface area contributed by atoms with E-state index < -0.39 is 0 Å². The lowest BCUT2D eigenvalue weighted by atomic mass is 10.2. The Balaban J connectivity index is 1.61. The Kier molecular flexibility index (Phi) is 5.02. The molecule has 1 aliphatic heterocycles. The van der Waals surface area contributed by atoms with Gasteiger partial charge in [0.2, 0.25) is 5.95 Å². The van der Waals surface area contributed by atoms with Gasteiger partial charge in [0.25, 0.3) is 0 Å². The molecule has 1 fully saturated rings. The van der Waals surface area contributed by atoms with Gasteiger partial charge in [0.15, 0.2) is 0 Å². The maximum absolute atomic E-state index is 4.45. The molecule has 23 heavy (non-hydrogen) atoms. The third kappa shape index (κ3) is 3.76. The minimum absolute atomic E-state index is 0.769. The van der Waals surface area contributed by atoms with E-state index in [4.69, 9.17) is 0 Å². The molecule has 1 aliphatic rings. The number of allylic oxidation sites excluding steroid dienone is 1. The van der Waals surface area contributed by atoms with Crippen molar-refractivity contribution in [1.82, 2.24) is 24.6 Å². The van der Waals surface area contributed by atoms with Gasteiger partial charge >= 0.3 is 0 Å². The van der Waals surface area contributed by atoms with Gasteiger partial charge in [-0.2, -0.15) is 5.10 Å². The van der Waals surface area contributed by atoms with E-state index >= 15 is 0 Å². The first-order chi connectivity index (χ1) is 11.3. The van der Waals surface area contributed by atoms with E-state index in [0.717, 1.165) is 51.6 Å². The predicted octanol–water partition coefficient (Wildman–Crippen LogP) is 1.88. The number of hydrogen-bond acceptors (Lipinski definition) is 5. The molecule has 1 saturated heterocycles. The summed E-state index contributed by atoms with van der Waals surface area (Å²) >= 11 is 0. The molecule has 3 heterocycles. The van der Waals surface area contributed by atoms with Crippen LogP contribution >= 0.6 is 0 Å². The molecule has 0 unspecified atom stereocenters. The average molecular weight is 312 g/mol. The fourth-order valence-electron chi connectivity index (χ4n) is 2.97. The Bertz CT molecular complexity index is 636. The molecule has 3 rings (SSSR count). The first-order valence-corrected chi connectivity index (χ1v) is 8.14. The second kappa shape index (κ2) is 7.37. The summed E-state index contributed by atoms with van der Waals surface area (Å²) in [7, 11) is 0. The molecule has 0 spiro atoms. The van der Waals surface area contributed by atoms with E-state index in [1.807, 2.05) is 35.4 Å². The summed E-state index contributed by atoms with van der Waals surface area (Å²) in [6, 6.07) is 1.86. The average Bonchev–Trinajstić information content (AvgIpc) is 2.78. The van der Waals surface area contributed by atoms with Crippen LogP contribution < -0.4 is 4.90 Å². The number of rotatable bonds is 5. The van der Waals surface area contributed by atoms with E-state index in [0.29, 0.717) is 0 Å². The van der Waals surface area contributed by atoms with E-state index in [-0.39, 0.29) is 0 Å². The second-order valence-corrected chi connectivity index (χ2v) is 5.89. The van der Waals surface area contributed by atoms with E-state index in [1.54, 1.807) is 0 Å². The Morgan fingerprint density at radius 3 is 2.78 bits per heavy atom. The van der Waals surface area contributed by atoms with Crippen LogP contribution in [0.4, 0.5) is 5.95 Å². The van der Waals surface area contributed by atoms with Gasteiger partial charge in [-0.05, 0) is 19.4 Å². The third-order valence-electron chi connectivity index (χ3n) is 4.32. The highest BCUT2D eigenvalue weighted by molar-refractivity contribution is 5.28. The zero-order valence-electron chi connectivity index (χ0n) is 13.7. The van der Waals surface area contributed by atoms with Crippen LogP contribution in [0.3, 0.4) is 0 Å². The van der Waals surface area contributed by atoms with E-state index in [2.05, 4.69) is 38.4 Å². The number of hydrogen-bond donors (Lipinski definition) is 0. The van der Waals surface area contributed by atoms with Crippen LogP contribution in [0.2, 0.25) is 0 Å². The molecule has 0 aromatic carbocycles. The van der Waals surface area contributed by atoms with Crippen LogP contribution in [0.25, 0.3) is 0 Å². The molecule has 6 nitrogen and oxygen atoms in total. The van der Waals surface area contributed by atoms with Gasteiger partial charge in [0.1, 0.15) is 0 Å². The van der Waals surface area contributed by atoms with Crippen molar-refractivity contribution in [3.63, 3.8) is 0 Å². The van der Waals surface area contributed by atoms with Gasteiger partial charge in [-0.15, -0.1) is 6.58 Å². The van der Waals surface area contributed by atoms with Gasteiger partial charge < -0.3 is 4.90 Å². The van der Waals surface area contributed by atoms with Crippen LogP contribution in [0.5, 0.6) is 0 Å². The monoisotopic (exact) mass is 312 g/mol. The number of anilines is 1. The van der Waals surface area contributed by atoms with Crippen molar-refractivity contribution in [3.05, 3.63) is 48.6 Å². The van der Waals surface area contributed by atoms with E-state index in [9.17, 15) is 0 Å². The first-order valence-electron chi connectivity index (χ1n) is 8.14. The lowest BCUT2D eigenvalue weighted by Gasteiger charge is -2.21. The molecule has 0 bridgehead atoms. The van der Waals surface area contributed by atoms with Gasteiger partial charge in [-0.1, -0.05) is 6.08 Å². The maximum Gasteiger partial charge on any atom is 0.225 e. The Morgan fingerprint density at radius 2 is 2.00 bits per heavy atom. The van der Waals surface area contributed by atoms with E-state index in [1.165, 1.54) is 11.3 Å². The van der Waals surface area contributed by atoms with Crippen molar-refractivity contribution >= 4 is 5.95 Å². The van der Waals surface area contributed by atoms with Crippen LogP contribution in [0.1, 0.15) is 17.7 Å². The summed E-state index contributed by atoms with van der Waals surface area (Å²) in [6.07, 6.45) is 8.61. The smallest absolute Gasteiger partial charge is 0.225 e. The van der Waals surface area contributed by atoms with Gasteiger partial charge in [0, 0.05) is 56.4 Å². The van der Waals surface area contributed by atoms with Crippen molar-refractivity contribution in [3.8, 4) is 0 Å². The maximum atomic E-state index is 4.45. The van der Waals surface area contributed by atoms with Crippen molar-refractivity contribution in [2.24, 2.45) is 0 Å². The molecule has 122 valence electrons. The summed E-state index contributed by atoms with van der Waals surface area (Å²) in [5, 5.41) is 4.45. The molecule has 0 radical (unpaired) electrons. The van der Waals surface area contributed by atoms with Crippen LogP contribution in [-0.4, -0.2) is 50.8 Å². The Labute approximate surface area is 137 Å². The lowest BCUT2D eigenvalue weighted by molar-refractivity contribution is 0.284. The van der Waals surface area contributed by atoms with Gasteiger partial charge in [0.05, 0.1) is 12.7 Å². The molecule has 0 N–H and O–H groups in total. The summed E-state index contributed by atoms with van der Waals surface area (Å²) in [6.45, 7) is 11.7. The number of aromatic nitrogens is 4. The zero-order chi connectivity index (χ0) is 16.1. The number of nitrogens with zero attached hydrogens (tertiary/aromatic N) is 6. The summed E-state index contributed by atoms with van der Waals surface area (Å²) in [5.41, 5.74) is 2.54. The van der Waals surface area contributed by atoms with Gasteiger partial charge in [-0.25, -0.2) is 9.97 Å². The van der Waals surface area contributed by atoms with Crippen LogP contribution in [0.15, 0.2) is 37.3 Å². The molecular formula is C17H24N6. The molecule has 6 heteroatoms.